The topological polar surface area (TPSA) is 49.3 Å². The maximum atomic E-state index is 10.6. The Kier molecular flexibility index (Phi) is 2.90. The highest BCUT2D eigenvalue weighted by Gasteiger charge is 2.04. The number of carboxylic acids is 1. The molecule has 0 aromatic heterocycles. The van der Waals surface area contributed by atoms with Crippen LogP contribution in [0.3, 0.4) is 0 Å². The minimum atomic E-state index is -0.890. The van der Waals surface area contributed by atoms with Crippen LogP contribution in [0, 0.1) is 6.92 Å². The normalized spacial score (nSPS) is 9.69. The molecule has 70 valence electrons. The van der Waals surface area contributed by atoms with Gasteiger partial charge in [-0.2, -0.15) is 0 Å². The second-order valence-electron chi connectivity index (χ2n) is 2.87. The Morgan fingerprint density at radius 1 is 1.54 bits per heavy atom. The third kappa shape index (κ3) is 2.21. The molecule has 0 radical (unpaired) electrons. The van der Waals surface area contributed by atoms with E-state index in [4.69, 9.17) is 5.11 Å². The van der Waals surface area contributed by atoms with Crippen LogP contribution in [0.2, 0.25) is 0 Å². The van der Waals surface area contributed by atoms with Crippen LogP contribution in [0.4, 0.5) is 5.69 Å². The maximum Gasteiger partial charge on any atom is 0.335 e. The number of aryl methyl sites for hydroxylation is 1. The van der Waals surface area contributed by atoms with Crippen LogP contribution >= 0.6 is 0 Å². The van der Waals surface area contributed by atoms with Crippen molar-refractivity contribution in [1.29, 1.82) is 0 Å². The van der Waals surface area contributed by atoms with Crippen molar-refractivity contribution in [3.63, 3.8) is 0 Å². The van der Waals surface area contributed by atoms with Gasteiger partial charge in [-0.25, -0.2) is 4.79 Å². The fraction of sp³-hybridized carbons (Fsp3) is 0.300. The van der Waals surface area contributed by atoms with Crippen LogP contribution in [-0.4, -0.2) is 17.6 Å². The first-order chi connectivity index (χ1) is 6.15. The molecule has 1 aromatic rings. The Hall–Kier alpha value is -1.51. The first kappa shape index (κ1) is 9.58. The van der Waals surface area contributed by atoms with Crippen LogP contribution in [0.5, 0.6) is 0 Å². The van der Waals surface area contributed by atoms with Crippen LogP contribution in [0.25, 0.3) is 0 Å². The number of aromatic carboxylic acids is 1. The van der Waals surface area contributed by atoms with Gasteiger partial charge >= 0.3 is 5.97 Å². The number of anilines is 1. The van der Waals surface area contributed by atoms with Gasteiger partial charge in [0.25, 0.3) is 0 Å². The summed E-state index contributed by atoms with van der Waals surface area (Å²) in [5.74, 6) is -0.890. The van der Waals surface area contributed by atoms with Crippen molar-refractivity contribution in [2.24, 2.45) is 0 Å². The predicted molar refractivity (Wildman–Crippen MR) is 52.3 cm³/mol. The molecule has 0 aliphatic heterocycles. The molecule has 2 N–H and O–H groups in total. The molecule has 0 amide bonds. The molecule has 0 saturated heterocycles. The van der Waals surface area contributed by atoms with E-state index in [-0.39, 0.29) is 0 Å². The van der Waals surface area contributed by atoms with Gasteiger partial charge in [0.2, 0.25) is 0 Å². The van der Waals surface area contributed by atoms with Crippen LogP contribution < -0.4 is 5.32 Å². The van der Waals surface area contributed by atoms with Gasteiger partial charge in [-0.05, 0) is 31.5 Å². The first-order valence-corrected chi connectivity index (χ1v) is 4.23. The lowest BCUT2D eigenvalue weighted by Gasteiger charge is -2.07. The van der Waals surface area contributed by atoms with E-state index in [9.17, 15) is 4.79 Å². The second-order valence-corrected chi connectivity index (χ2v) is 2.87. The summed E-state index contributed by atoms with van der Waals surface area (Å²) in [7, 11) is 0. The van der Waals surface area contributed by atoms with E-state index in [0.717, 1.165) is 17.8 Å². The van der Waals surface area contributed by atoms with Crippen molar-refractivity contribution in [2.75, 3.05) is 11.9 Å². The molecule has 1 aromatic carbocycles. The van der Waals surface area contributed by atoms with E-state index < -0.39 is 5.97 Å². The molecule has 13 heavy (non-hydrogen) atoms. The number of hydrogen-bond acceptors (Lipinski definition) is 2. The zero-order chi connectivity index (χ0) is 9.84. The number of nitrogens with one attached hydrogen (secondary N) is 1. The third-order valence-electron chi connectivity index (χ3n) is 1.85. The highest BCUT2D eigenvalue weighted by Crippen LogP contribution is 2.16. The van der Waals surface area contributed by atoms with Gasteiger partial charge in [-0.3, -0.25) is 0 Å². The lowest BCUT2D eigenvalue weighted by Crippen LogP contribution is -2.02. The van der Waals surface area contributed by atoms with E-state index in [0.29, 0.717) is 5.56 Å². The Balaban J connectivity index is 3.03. The molecule has 0 aliphatic carbocycles. The number of carbonyl (C=O) groups is 1. The van der Waals surface area contributed by atoms with Gasteiger partial charge in [-0.15, -0.1) is 0 Å². The van der Waals surface area contributed by atoms with Crippen molar-refractivity contribution < 1.29 is 9.90 Å². The molecule has 0 atom stereocenters. The Morgan fingerprint density at radius 2 is 2.23 bits per heavy atom. The Morgan fingerprint density at radius 3 is 2.77 bits per heavy atom. The quantitative estimate of drug-likeness (QED) is 0.747. The van der Waals surface area contributed by atoms with E-state index in [1.165, 1.54) is 0 Å². The van der Waals surface area contributed by atoms with Gasteiger partial charge in [0.1, 0.15) is 0 Å². The van der Waals surface area contributed by atoms with Gasteiger partial charge in [0, 0.05) is 12.2 Å². The monoisotopic (exact) mass is 179 g/mol. The van der Waals surface area contributed by atoms with Gasteiger partial charge in [-0.1, -0.05) is 6.07 Å². The van der Waals surface area contributed by atoms with Crippen molar-refractivity contribution in [3.05, 3.63) is 29.3 Å². The number of benzene rings is 1. The summed E-state index contributed by atoms with van der Waals surface area (Å²) in [4.78, 5) is 10.6. The standard InChI is InChI=1S/C10H13NO2/c1-3-11-9-6-8(10(12)13)5-4-7(9)2/h4-6,11H,3H2,1-2H3,(H,12,13). The highest BCUT2D eigenvalue weighted by molar-refractivity contribution is 5.89. The summed E-state index contributed by atoms with van der Waals surface area (Å²) in [5.41, 5.74) is 2.27. The fourth-order valence-corrected chi connectivity index (χ4v) is 1.14. The SMILES string of the molecule is CCNc1cc(C(=O)O)ccc1C. The first-order valence-electron chi connectivity index (χ1n) is 4.23. The molecule has 0 spiro atoms. The summed E-state index contributed by atoms with van der Waals surface area (Å²) in [5, 5.41) is 11.8. The lowest BCUT2D eigenvalue weighted by atomic mass is 10.1. The van der Waals surface area contributed by atoms with E-state index in [2.05, 4.69) is 5.32 Å². The molecule has 0 heterocycles. The zero-order valence-corrected chi connectivity index (χ0v) is 7.79. The molecule has 3 nitrogen and oxygen atoms in total. The van der Waals surface area contributed by atoms with Crippen LogP contribution in [-0.2, 0) is 0 Å². The largest absolute Gasteiger partial charge is 0.478 e. The van der Waals surface area contributed by atoms with E-state index in [1.54, 1.807) is 18.2 Å². The molecule has 1 rings (SSSR count). The Labute approximate surface area is 77.4 Å². The minimum Gasteiger partial charge on any atom is -0.478 e. The number of rotatable bonds is 3. The molecule has 0 saturated carbocycles. The van der Waals surface area contributed by atoms with Crippen LogP contribution in [0.15, 0.2) is 18.2 Å². The molecular weight excluding hydrogens is 166 g/mol. The summed E-state index contributed by atoms with van der Waals surface area (Å²) in [6.45, 7) is 4.72. The fourth-order valence-electron chi connectivity index (χ4n) is 1.14. The molecule has 0 aliphatic rings. The Bertz CT molecular complexity index is 321. The second kappa shape index (κ2) is 3.94. The van der Waals surface area contributed by atoms with Gasteiger partial charge < -0.3 is 10.4 Å². The summed E-state index contributed by atoms with van der Waals surface area (Å²) < 4.78 is 0. The summed E-state index contributed by atoms with van der Waals surface area (Å²) >= 11 is 0. The average Bonchev–Trinajstić information content (AvgIpc) is 2.08. The van der Waals surface area contributed by atoms with Crippen molar-refractivity contribution >= 4 is 11.7 Å². The van der Waals surface area contributed by atoms with Gasteiger partial charge in [0.15, 0.2) is 0 Å². The number of carboxylic acid groups (broad SMARTS) is 1. The van der Waals surface area contributed by atoms with Crippen LogP contribution in [0.1, 0.15) is 22.8 Å². The summed E-state index contributed by atoms with van der Waals surface area (Å²) in [6.07, 6.45) is 0. The predicted octanol–water partition coefficient (Wildman–Crippen LogP) is 2.13. The van der Waals surface area contributed by atoms with Crippen molar-refractivity contribution in [3.8, 4) is 0 Å². The van der Waals surface area contributed by atoms with E-state index >= 15 is 0 Å². The third-order valence-corrected chi connectivity index (χ3v) is 1.85. The molecular formula is C10H13NO2. The van der Waals surface area contributed by atoms with E-state index in [1.807, 2.05) is 13.8 Å². The molecule has 3 heteroatoms. The maximum absolute atomic E-state index is 10.6. The molecule has 0 bridgehead atoms. The smallest absolute Gasteiger partial charge is 0.335 e. The number of hydrogen-bond donors (Lipinski definition) is 2. The van der Waals surface area contributed by atoms with Crippen molar-refractivity contribution in [1.82, 2.24) is 0 Å². The zero-order valence-electron chi connectivity index (χ0n) is 7.79. The average molecular weight is 179 g/mol. The highest BCUT2D eigenvalue weighted by atomic mass is 16.4. The minimum absolute atomic E-state index is 0.321. The molecule has 0 unspecified atom stereocenters. The van der Waals surface area contributed by atoms with Gasteiger partial charge in [0.05, 0.1) is 5.56 Å². The lowest BCUT2D eigenvalue weighted by molar-refractivity contribution is 0.0697. The molecule has 0 fully saturated rings. The van der Waals surface area contributed by atoms with Crippen molar-refractivity contribution in [2.45, 2.75) is 13.8 Å². The summed E-state index contributed by atoms with van der Waals surface area (Å²) in [6, 6.07) is 5.07.